The average molecular weight is 353 g/mol. The smallest absolute Gasteiger partial charge is 0.343 e. The molecule has 0 saturated heterocycles. The molecule has 0 aliphatic carbocycles. The Balaban J connectivity index is 2.36. The maximum atomic E-state index is 12.5. The van der Waals surface area contributed by atoms with Crippen LogP contribution in [0, 0.1) is 0 Å². The molecule has 2 N–H and O–H groups in total. The van der Waals surface area contributed by atoms with E-state index in [1.807, 2.05) is 0 Å². The number of benzene rings is 2. The minimum atomic E-state index is -4.40. The van der Waals surface area contributed by atoms with Gasteiger partial charge in [-0.15, -0.1) is 3.97 Å². The summed E-state index contributed by atoms with van der Waals surface area (Å²) in [6, 6.07) is 8.60. The molecule has 0 aliphatic rings. The number of aromatic amines is 1. The summed E-state index contributed by atoms with van der Waals surface area (Å²) in [7, 11) is -4.40. The lowest BCUT2D eigenvalue weighted by Gasteiger charge is -2.08. The highest BCUT2D eigenvalue weighted by atomic mass is 35.5. The third-order valence-corrected chi connectivity index (χ3v) is 5.11. The number of hydrogen-bond donors (Lipinski definition) is 2. The molecule has 0 amide bonds. The predicted molar refractivity (Wildman–Crippen MR) is 84.5 cm³/mol. The van der Waals surface area contributed by atoms with Gasteiger partial charge >= 0.3 is 5.69 Å². The third kappa shape index (κ3) is 2.51. The highest BCUT2D eigenvalue weighted by Gasteiger charge is 2.23. The molecule has 0 aliphatic heterocycles. The lowest BCUT2D eigenvalue weighted by atomic mass is 10.2. The normalized spacial score (nSPS) is 11.7. The van der Waals surface area contributed by atoms with Crippen LogP contribution in [0.2, 0.25) is 5.02 Å². The van der Waals surface area contributed by atoms with Gasteiger partial charge in [0.1, 0.15) is 5.75 Å². The van der Waals surface area contributed by atoms with Gasteiger partial charge in [-0.1, -0.05) is 11.6 Å². The fourth-order valence-corrected chi connectivity index (χ4v) is 3.56. The molecule has 9 heteroatoms. The van der Waals surface area contributed by atoms with Crippen LogP contribution in [-0.4, -0.2) is 22.5 Å². The Morgan fingerprint density at radius 3 is 2.35 bits per heavy atom. The van der Waals surface area contributed by atoms with Crippen molar-refractivity contribution in [3.05, 3.63) is 68.3 Å². The highest BCUT2D eigenvalue weighted by molar-refractivity contribution is 7.90. The van der Waals surface area contributed by atoms with Crippen molar-refractivity contribution in [2.24, 2.45) is 0 Å². The molecule has 0 spiro atoms. The summed E-state index contributed by atoms with van der Waals surface area (Å²) in [4.78, 5) is 26.5. The first-order chi connectivity index (χ1) is 10.8. The zero-order chi connectivity index (χ0) is 16.8. The van der Waals surface area contributed by atoms with E-state index in [1.54, 1.807) is 0 Å². The molecular weight excluding hydrogens is 344 g/mol. The predicted octanol–water partition coefficient (Wildman–Crippen LogP) is 1.29. The van der Waals surface area contributed by atoms with Crippen molar-refractivity contribution in [1.82, 2.24) is 8.96 Å². The summed E-state index contributed by atoms with van der Waals surface area (Å²) in [5.41, 5.74) is -1.93. The molecular formula is C14H9ClN2O5S. The van der Waals surface area contributed by atoms with E-state index in [1.165, 1.54) is 18.2 Å². The molecule has 0 saturated carbocycles. The number of aromatic nitrogens is 2. The number of nitrogens with one attached hydrogen (secondary N) is 1. The first-order valence-corrected chi connectivity index (χ1v) is 8.12. The number of rotatable bonds is 2. The second kappa shape index (κ2) is 5.25. The Bertz CT molecular complexity index is 1130. The van der Waals surface area contributed by atoms with Crippen molar-refractivity contribution in [1.29, 1.82) is 0 Å². The average Bonchev–Trinajstić information content (AvgIpc) is 2.46. The number of nitrogens with zero attached hydrogens (tertiary/aromatic N) is 1. The minimum Gasteiger partial charge on any atom is -0.508 e. The first kappa shape index (κ1) is 15.3. The molecule has 0 radical (unpaired) electrons. The van der Waals surface area contributed by atoms with Crippen LogP contribution in [-0.2, 0) is 10.0 Å². The quantitative estimate of drug-likeness (QED) is 0.722. The van der Waals surface area contributed by atoms with Crippen molar-refractivity contribution < 1.29 is 13.5 Å². The molecule has 118 valence electrons. The van der Waals surface area contributed by atoms with Crippen LogP contribution in [0.15, 0.2) is 56.9 Å². The molecule has 0 unspecified atom stereocenters. The molecule has 23 heavy (non-hydrogen) atoms. The van der Waals surface area contributed by atoms with Crippen LogP contribution in [0.4, 0.5) is 0 Å². The number of fused-ring (bicyclic) bond motifs is 1. The summed E-state index contributed by atoms with van der Waals surface area (Å²) < 4.78 is 25.2. The number of phenols is 1. The van der Waals surface area contributed by atoms with Crippen LogP contribution < -0.4 is 11.2 Å². The molecule has 1 aromatic heterocycles. The van der Waals surface area contributed by atoms with E-state index in [9.17, 15) is 23.1 Å². The van der Waals surface area contributed by atoms with Crippen molar-refractivity contribution in [2.75, 3.05) is 0 Å². The largest absolute Gasteiger partial charge is 0.508 e. The zero-order valence-corrected chi connectivity index (χ0v) is 12.9. The maximum absolute atomic E-state index is 12.5. The molecule has 3 rings (SSSR count). The number of H-pyrrole nitrogens is 1. The van der Waals surface area contributed by atoms with E-state index >= 15 is 0 Å². The minimum absolute atomic E-state index is 0.0105. The molecule has 2 aromatic carbocycles. The van der Waals surface area contributed by atoms with Crippen molar-refractivity contribution in [3.8, 4) is 5.75 Å². The van der Waals surface area contributed by atoms with E-state index in [0.717, 1.165) is 24.3 Å². The Kier molecular flexibility index (Phi) is 3.50. The SMILES string of the molecule is O=c1[nH]c2cc(Cl)ccc2c(=O)n1S(=O)(=O)c1ccc(O)cc1. The molecule has 0 atom stereocenters. The Morgan fingerprint density at radius 1 is 1.04 bits per heavy atom. The van der Waals surface area contributed by atoms with Crippen LogP contribution in [0.5, 0.6) is 5.75 Å². The van der Waals surface area contributed by atoms with Gasteiger partial charge in [-0.3, -0.25) is 4.79 Å². The van der Waals surface area contributed by atoms with Crippen molar-refractivity contribution in [2.45, 2.75) is 4.90 Å². The molecule has 0 fully saturated rings. The standard InChI is InChI=1S/C14H9ClN2O5S/c15-8-1-6-11-12(7-8)16-14(20)17(13(11)19)23(21,22)10-4-2-9(18)3-5-10/h1-7,18H,(H,16,20). The third-order valence-electron chi connectivity index (χ3n) is 3.20. The van der Waals surface area contributed by atoms with E-state index in [2.05, 4.69) is 4.98 Å². The molecule has 1 heterocycles. The van der Waals surface area contributed by atoms with Gasteiger partial charge in [0.2, 0.25) is 0 Å². The van der Waals surface area contributed by atoms with Gasteiger partial charge in [0.05, 0.1) is 15.8 Å². The summed E-state index contributed by atoms with van der Waals surface area (Å²) in [5.74, 6) is -0.140. The molecule has 7 nitrogen and oxygen atoms in total. The fourth-order valence-electron chi connectivity index (χ4n) is 2.12. The van der Waals surface area contributed by atoms with Crippen molar-refractivity contribution in [3.63, 3.8) is 0 Å². The summed E-state index contributed by atoms with van der Waals surface area (Å²) in [6.07, 6.45) is 0. The number of aromatic hydroxyl groups is 1. The van der Waals surface area contributed by atoms with Crippen LogP contribution in [0.1, 0.15) is 0 Å². The summed E-state index contributed by atoms with van der Waals surface area (Å²) in [6.45, 7) is 0. The summed E-state index contributed by atoms with van der Waals surface area (Å²) in [5, 5.41) is 9.53. The van der Waals surface area contributed by atoms with Gasteiger partial charge in [0.25, 0.3) is 15.6 Å². The molecule has 0 bridgehead atoms. The van der Waals surface area contributed by atoms with Gasteiger partial charge < -0.3 is 10.1 Å². The second-order valence-corrected chi connectivity index (χ2v) is 6.91. The monoisotopic (exact) mass is 352 g/mol. The Labute approximate surface area is 134 Å². The lowest BCUT2D eigenvalue weighted by molar-refractivity contribution is 0.474. The number of halogens is 1. The Hall–Kier alpha value is -2.58. The van der Waals surface area contributed by atoms with Crippen LogP contribution >= 0.6 is 11.6 Å². The number of phenolic OH excluding ortho intramolecular Hbond substituents is 1. The number of hydrogen-bond acceptors (Lipinski definition) is 5. The highest BCUT2D eigenvalue weighted by Crippen LogP contribution is 2.17. The van der Waals surface area contributed by atoms with E-state index in [4.69, 9.17) is 11.6 Å². The van der Waals surface area contributed by atoms with E-state index in [-0.39, 0.29) is 25.5 Å². The lowest BCUT2D eigenvalue weighted by Crippen LogP contribution is -2.39. The van der Waals surface area contributed by atoms with Crippen LogP contribution in [0.25, 0.3) is 10.9 Å². The van der Waals surface area contributed by atoms with Crippen molar-refractivity contribution >= 4 is 32.5 Å². The fraction of sp³-hybridized carbons (Fsp3) is 0. The van der Waals surface area contributed by atoms with E-state index < -0.39 is 21.3 Å². The van der Waals surface area contributed by atoms with Gasteiger partial charge in [0, 0.05) is 5.02 Å². The van der Waals surface area contributed by atoms with Gasteiger partial charge in [0.15, 0.2) is 0 Å². The summed E-state index contributed by atoms with van der Waals surface area (Å²) >= 11 is 5.79. The topological polar surface area (TPSA) is 109 Å². The zero-order valence-electron chi connectivity index (χ0n) is 11.4. The van der Waals surface area contributed by atoms with Gasteiger partial charge in [-0.05, 0) is 42.5 Å². The Morgan fingerprint density at radius 2 is 1.70 bits per heavy atom. The van der Waals surface area contributed by atoms with Gasteiger partial charge in [-0.25, -0.2) is 13.2 Å². The molecule has 3 aromatic rings. The second-order valence-electron chi connectivity index (χ2n) is 4.69. The maximum Gasteiger partial charge on any atom is 0.343 e. The van der Waals surface area contributed by atoms with E-state index in [0.29, 0.717) is 5.02 Å². The van der Waals surface area contributed by atoms with Crippen LogP contribution in [0.3, 0.4) is 0 Å². The first-order valence-electron chi connectivity index (χ1n) is 6.30. The van der Waals surface area contributed by atoms with Gasteiger partial charge in [-0.2, -0.15) is 0 Å².